The fourth-order valence-electron chi connectivity index (χ4n) is 3.68. The zero-order chi connectivity index (χ0) is 23.0. The van der Waals surface area contributed by atoms with E-state index in [4.69, 9.17) is 4.74 Å². The van der Waals surface area contributed by atoms with Crippen LogP contribution in [0, 0.1) is 5.92 Å². The maximum atomic E-state index is 13.1. The molecule has 1 aromatic heterocycles. The van der Waals surface area contributed by atoms with Gasteiger partial charge in [-0.25, -0.2) is 4.98 Å². The molecule has 2 atom stereocenters. The minimum atomic E-state index is -0.854. The van der Waals surface area contributed by atoms with E-state index in [0.717, 1.165) is 11.3 Å². The molecule has 3 aromatic rings. The SMILES string of the molecule is C[C@H](C(=O)N[C@@H](C(=O)NCc1ncn[nH]1)c1ccc(OCC2CCC2)cc1)c1ccccc1. The predicted molar refractivity (Wildman–Crippen MR) is 123 cm³/mol. The highest BCUT2D eigenvalue weighted by atomic mass is 16.5. The molecule has 0 saturated heterocycles. The topological polar surface area (TPSA) is 109 Å². The van der Waals surface area contributed by atoms with Gasteiger partial charge in [0.1, 0.15) is 23.9 Å². The average Bonchev–Trinajstić information content (AvgIpc) is 3.34. The minimum absolute atomic E-state index is 0.183. The lowest BCUT2D eigenvalue weighted by atomic mass is 9.86. The van der Waals surface area contributed by atoms with Crippen LogP contribution in [0.25, 0.3) is 0 Å². The van der Waals surface area contributed by atoms with E-state index in [2.05, 4.69) is 25.8 Å². The van der Waals surface area contributed by atoms with Crippen molar-refractivity contribution >= 4 is 11.8 Å². The molecule has 0 bridgehead atoms. The van der Waals surface area contributed by atoms with Crippen LogP contribution in [-0.4, -0.2) is 33.6 Å². The van der Waals surface area contributed by atoms with Crippen molar-refractivity contribution in [2.45, 2.75) is 44.7 Å². The fraction of sp³-hybridized carbons (Fsp3) is 0.360. The van der Waals surface area contributed by atoms with Gasteiger partial charge in [0.25, 0.3) is 0 Å². The summed E-state index contributed by atoms with van der Waals surface area (Å²) in [5.41, 5.74) is 1.56. The second kappa shape index (κ2) is 10.8. The molecule has 3 N–H and O–H groups in total. The molecule has 0 spiro atoms. The quantitative estimate of drug-likeness (QED) is 0.442. The van der Waals surface area contributed by atoms with Crippen LogP contribution in [0.15, 0.2) is 60.9 Å². The molecule has 2 amide bonds. The first kappa shape index (κ1) is 22.5. The van der Waals surface area contributed by atoms with Gasteiger partial charge >= 0.3 is 0 Å². The third-order valence-electron chi connectivity index (χ3n) is 6.06. The number of aromatic amines is 1. The van der Waals surface area contributed by atoms with Crippen LogP contribution >= 0.6 is 0 Å². The van der Waals surface area contributed by atoms with Gasteiger partial charge in [-0.2, -0.15) is 5.10 Å². The average molecular weight is 448 g/mol. The van der Waals surface area contributed by atoms with Gasteiger partial charge < -0.3 is 15.4 Å². The van der Waals surface area contributed by atoms with Gasteiger partial charge in [-0.3, -0.25) is 14.7 Å². The minimum Gasteiger partial charge on any atom is -0.493 e. The predicted octanol–water partition coefficient (Wildman–Crippen LogP) is 3.26. The van der Waals surface area contributed by atoms with E-state index in [-0.39, 0.29) is 18.4 Å². The van der Waals surface area contributed by atoms with Crippen molar-refractivity contribution in [1.29, 1.82) is 0 Å². The molecular formula is C25H29N5O3. The summed E-state index contributed by atoms with van der Waals surface area (Å²) in [6.45, 7) is 2.72. The molecule has 1 fully saturated rings. The number of hydrogen-bond acceptors (Lipinski definition) is 5. The van der Waals surface area contributed by atoms with Gasteiger partial charge in [0.2, 0.25) is 11.8 Å². The number of carbonyl (C=O) groups excluding carboxylic acids is 2. The molecule has 1 aliphatic rings. The second-order valence-corrected chi connectivity index (χ2v) is 8.40. The van der Waals surface area contributed by atoms with Gasteiger partial charge in [0.15, 0.2) is 0 Å². The summed E-state index contributed by atoms with van der Waals surface area (Å²) in [7, 11) is 0. The molecule has 2 aromatic carbocycles. The third kappa shape index (κ3) is 5.97. The van der Waals surface area contributed by atoms with E-state index in [9.17, 15) is 9.59 Å². The first-order valence-electron chi connectivity index (χ1n) is 11.3. The number of nitrogens with one attached hydrogen (secondary N) is 3. The highest BCUT2D eigenvalue weighted by Gasteiger charge is 2.26. The van der Waals surface area contributed by atoms with Crippen LogP contribution < -0.4 is 15.4 Å². The molecule has 33 heavy (non-hydrogen) atoms. The van der Waals surface area contributed by atoms with Crippen LogP contribution in [0.4, 0.5) is 0 Å². The second-order valence-electron chi connectivity index (χ2n) is 8.40. The van der Waals surface area contributed by atoms with E-state index >= 15 is 0 Å². The Morgan fingerprint density at radius 3 is 2.45 bits per heavy atom. The maximum absolute atomic E-state index is 13.1. The number of rotatable bonds is 10. The number of benzene rings is 2. The van der Waals surface area contributed by atoms with Crippen LogP contribution in [0.2, 0.25) is 0 Å². The third-order valence-corrected chi connectivity index (χ3v) is 6.06. The van der Waals surface area contributed by atoms with Gasteiger partial charge in [0.05, 0.1) is 19.1 Å². The standard InChI is InChI=1S/C25H29N5O3/c1-17(19-8-3-2-4-9-19)24(31)29-23(25(32)26-14-22-27-16-28-30-22)20-10-12-21(13-11-20)33-15-18-6-5-7-18/h2-4,8-13,16-18,23H,5-7,14-15H2,1H3,(H,26,32)(H,29,31)(H,27,28,30)/t17-,23+/m0/s1. The van der Waals surface area contributed by atoms with E-state index in [0.29, 0.717) is 23.9 Å². The number of amides is 2. The highest BCUT2D eigenvalue weighted by molar-refractivity contribution is 5.91. The van der Waals surface area contributed by atoms with Gasteiger partial charge in [-0.05, 0) is 48.9 Å². The van der Waals surface area contributed by atoms with Crippen LogP contribution in [0.3, 0.4) is 0 Å². The largest absolute Gasteiger partial charge is 0.493 e. The summed E-state index contributed by atoms with van der Waals surface area (Å²) in [6, 6.07) is 16.0. The molecule has 0 aliphatic heterocycles. The number of nitrogens with zero attached hydrogens (tertiary/aromatic N) is 2. The molecule has 1 heterocycles. The van der Waals surface area contributed by atoms with Gasteiger partial charge in [-0.1, -0.05) is 48.9 Å². The Morgan fingerprint density at radius 2 is 1.82 bits per heavy atom. The van der Waals surface area contributed by atoms with Crippen molar-refractivity contribution < 1.29 is 14.3 Å². The Balaban J connectivity index is 1.46. The number of hydrogen-bond donors (Lipinski definition) is 3. The molecule has 8 nitrogen and oxygen atoms in total. The Hall–Kier alpha value is -3.68. The first-order valence-corrected chi connectivity index (χ1v) is 11.3. The molecule has 0 unspecified atom stereocenters. The Labute approximate surface area is 193 Å². The van der Waals surface area contributed by atoms with Gasteiger partial charge in [0, 0.05) is 0 Å². The molecule has 0 radical (unpaired) electrons. The fourth-order valence-corrected chi connectivity index (χ4v) is 3.68. The Bertz CT molecular complexity index is 1030. The lowest BCUT2D eigenvalue weighted by molar-refractivity contribution is -0.129. The van der Waals surface area contributed by atoms with Crippen LogP contribution in [-0.2, 0) is 16.1 Å². The molecular weight excluding hydrogens is 418 g/mol. The normalized spacial score (nSPS) is 15.2. The highest BCUT2D eigenvalue weighted by Crippen LogP contribution is 2.27. The van der Waals surface area contributed by atoms with E-state index < -0.39 is 12.0 Å². The van der Waals surface area contributed by atoms with E-state index in [1.165, 1.54) is 25.6 Å². The summed E-state index contributed by atoms with van der Waals surface area (Å²) in [6.07, 6.45) is 5.10. The van der Waals surface area contributed by atoms with Crippen molar-refractivity contribution in [2.75, 3.05) is 6.61 Å². The summed E-state index contributed by atoms with van der Waals surface area (Å²) in [5.74, 6) is 0.967. The number of carbonyl (C=O) groups is 2. The molecule has 4 rings (SSSR count). The lowest BCUT2D eigenvalue weighted by Crippen LogP contribution is -2.41. The molecule has 8 heteroatoms. The van der Waals surface area contributed by atoms with Gasteiger partial charge in [-0.15, -0.1) is 0 Å². The Morgan fingerprint density at radius 1 is 1.06 bits per heavy atom. The zero-order valence-electron chi connectivity index (χ0n) is 18.7. The van der Waals surface area contributed by atoms with Crippen molar-refractivity contribution in [2.24, 2.45) is 5.92 Å². The summed E-state index contributed by atoms with van der Waals surface area (Å²) < 4.78 is 5.87. The lowest BCUT2D eigenvalue weighted by Gasteiger charge is -2.25. The van der Waals surface area contributed by atoms with Crippen molar-refractivity contribution in [3.05, 3.63) is 77.9 Å². The molecule has 172 valence electrons. The zero-order valence-corrected chi connectivity index (χ0v) is 18.7. The smallest absolute Gasteiger partial charge is 0.247 e. The molecule has 1 aliphatic carbocycles. The van der Waals surface area contributed by atoms with E-state index in [1.54, 1.807) is 0 Å². The van der Waals surface area contributed by atoms with E-state index in [1.807, 2.05) is 61.5 Å². The summed E-state index contributed by atoms with van der Waals surface area (Å²) >= 11 is 0. The summed E-state index contributed by atoms with van der Waals surface area (Å²) in [4.78, 5) is 30.1. The van der Waals surface area contributed by atoms with Crippen molar-refractivity contribution in [3.8, 4) is 5.75 Å². The first-order chi connectivity index (χ1) is 16.1. The van der Waals surface area contributed by atoms with Crippen LogP contribution in [0.1, 0.15) is 55.1 Å². The summed E-state index contributed by atoms with van der Waals surface area (Å²) in [5, 5.41) is 12.2. The molecule has 1 saturated carbocycles. The monoisotopic (exact) mass is 447 g/mol. The maximum Gasteiger partial charge on any atom is 0.247 e. The number of H-pyrrole nitrogens is 1. The Kier molecular flexibility index (Phi) is 7.34. The van der Waals surface area contributed by atoms with Crippen molar-refractivity contribution in [1.82, 2.24) is 25.8 Å². The number of aromatic nitrogens is 3. The number of ether oxygens (including phenoxy) is 1. The van der Waals surface area contributed by atoms with Crippen LogP contribution in [0.5, 0.6) is 5.75 Å². The van der Waals surface area contributed by atoms with Crippen molar-refractivity contribution in [3.63, 3.8) is 0 Å².